The van der Waals surface area contributed by atoms with E-state index in [1.54, 1.807) is 0 Å². The molecule has 6 nitrogen and oxygen atoms in total. The van der Waals surface area contributed by atoms with Crippen LogP contribution in [-0.2, 0) is 39.0 Å². The largest absolute Gasteiger partial charge is 2.00 e. The monoisotopic (exact) mass is 772 g/mol. The van der Waals surface area contributed by atoms with Gasteiger partial charge in [-0.2, -0.15) is 11.4 Å². The number of aliphatic imine (C=N–C) groups is 2. The number of nitrogens with zero attached hydrogens (tertiary/aromatic N) is 4. The number of hydrogen-bond acceptors (Lipinski definition) is 4. The first-order chi connectivity index (χ1) is 21.8. The Bertz CT molecular complexity index is 1610. The number of rotatable bonds is 8. The van der Waals surface area contributed by atoms with Crippen LogP contribution in [-0.4, -0.2) is 22.4 Å². The van der Waals surface area contributed by atoms with Gasteiger partial charge < -0.3 is 21.6 Å². The van der Waals surface area contributed by atoms with Gasteiger partial charge in [0.25, 0.3) is 0 Å². The Morgan fingerprint density at radius 2 is 0.640 bits per heavy atom. The van der Waals surface area contributed by atoms with E-state index in [1.165, 1.54) is 44.5 Å². The Labute approximate surface area is 326 Å². The van der Waals surface area contributed by atoms with Crippen LogP contribution in [0.2, 0.25) is 0 Å². The Kier molecular flexibility index (Phi) is 22.4. The quantitative estimate of drug-likeness (QED) is 0.131. The molecule has 0 fully saturated rings. The average Bonchev–Trinajstić information content (AvgIpc) is 2.97. The van der Waals surface area contributed by atoms with Gasteiger partial charge in [-0.3, -0.25) is 9.98 Å². The summed E-state index contributed by atoms with van der Waals surface area (Å²) in [5, 5.41) is 9.53. The molecule has 0 aliphatic heterocycles. The molecule has 2 N–H and O–H groups in total. The number of allylic oxidation sites excluding steroid dienone is 4. The van der Waals surface area contributed by atoms with Crippen molar-refractivity contribution in [3.8, 4) is 0 Å². The van der Waals surface area contributed by atoms with E-state index in [4.69, 9.17) is 20.6 Å². The first-order valence-corrected chi connectivity index (χ1v) is 15.9. The minimum absolute atomic E-state index is 0. The normalized spacial score (nSPS) is 11.4. The first-order valence-electron chi connectivity index (χ1n) is 15.9. The van der Waals surface area contributed by atoms with Crippen molar-refractivity contribution in [3.63, 3.8) is 0 Å². The molecule has 0 aliphatic rings. The second-order valence-electron chi connectivity index (χ2n) is 12.3. The summed E-state index contributed by atoms with van der Waals surface area (Å²) in [6.07, 6.45) is 4.08. The summed E-state index contributed by atoms with van der Waals surface area (Å²) in [4.78, 5) is 9.53. The molecule has 256 valence electrons. The predicted octanol–water partition coefficient (Wildman–Crippen LogP) is 12.9. The van der Waals surface area contributed by atoms with Crippen LogP contribution in [0, 0.1) is 55.4 Å². The van der Waals surface area contributed by atoms with Crippen molar-refractivity contribution in [3.05, 3.63) is 151 Å². The summed E-state index contributed by atoms with van der Waals surface area (Å²) in [5.74, 6) is 0. The fraction of sp³-hybridized carbons (Fsp3) is 0.286. The van der Waals surface area contributed by atoms with E-state index in [2.05, 4.69) is 128 Å². The minimum Gasteiger partial charge on any atom is -0.870 e. The fourth-order valence-corrected chi connectivity index (χ4v) is 5.37. The van der Waals surface area contributed by atoms with E-state index < -0.39 is 0 Å². The second kappa shape index (κ2) is 23.0. The average molecular weight is 776 g/mol. The van der Waals surface area contributed by atoms with Gasteiger partial charge in [-0.15, -0.1) is 11.4 Å². The summed E-state index contributed by atoms with van der Waals surface area (Å²) in [6, 6.07) is 25.0. The van der Waals surface area contributed by atoms with Crippen molar-refractivity contribution >= 4 is 34.2 Å². The van der Waals surface area contributed by atoms with Crippen LogP contribution in [0.3, 0.4) is 0 Å². The third-order valence-electron chi connectivity index (χ3n) is 7.75. The number of hydrogen-bond donors (Lipinski definition) is 0. The maximum Gasteiger partial charge on any atom is 2.00 e. The molecule has 8 heteroatoms. The van der Waals surface area contributed by atoms with E-state index in [0.717, 1.165) is 45.6 Å². The van der Waals surface area contributed by atoms with Gasteiger partial charge in [-0.1, -0.05) is 121 Å². The van der Waals surface area contributed by atoms with Gasteiger partial charge in [0.05, 0.1) is 11.4 Å². The van der Waals surface area contributed by atoms with E-state index in [-0.39, 0.29) is 49.9 Å². The van der Waals surface area contributed by atoms with E-state index in [9.17, 15) is 0 Å². The summed E-state index contributed by atoms with van der Waals surface area (Å²) < 4.78 is 0. The van der Waals surface area contributed by atoms with Crippen LogP contribution in [0.1, 0.15) is 72.2 Å². The number of aryl methyl sites for hydroxylation is 8. The Morgan fingerprint density at radius 1 is 0.420 bits per heavy atom. The zero-order valence-electron chi connectivity index (χ0n) is 32.2. The molecule has 0 heterocycles. The van der Waals surface area contributed by atoms with Crippen molar-refractivity contribution in [2.24, 2.45) is 9.98 Å². The van der Waals surface area contributed by atoms with Crippen LogP contribution < -0.4 is 0 Å². The van der Waals surface area contributed by atoms with Gasteiger partial charge >= 0.3 is 39.0 Å². The number of para-hydroxylation sites is 4. The maximum absolute atomic E-state index is 4.76. The Hall–Kier alpha value is -3.53. The van der Waals surface area contributed by atoms with Crippen LogP contribution in [0.4, 0.5) is 22.7 Å². The molecule has 0 aromatic heterocycles. The topological polar surface area (TPSA) is 113 Å². The van der Waals surface area contributed by atoms with Crippen LogP contribution in [0.25, 0.3) is 10.6 Å². The van der Waals surface area contributed by atoms with Crippen molar-refractivity contribution in [1.82, 2.24) is 0 Å². The van der Waals surface area contributed by atoms with E-state index >= 15 is 0 Å². The molecule has 4 aromatic rings. The molecule has 0 unspecified atom stereocenters. The molecule has 50 heavy (non-hydrogen) atoms. The molecule has 0 saturated heterocycles. The third kappa shape index (κ3) is 14.4. The molecule has 4 rings (SSSR count). The zero-order chi connectivity index (χ0) is 34.0. The van der Waals surface area contributed by atoms with Gasteiger partial charge in [0.1, 0.15) is 0 Å². The molecule has 0 bridgehead atoms. The van der Waals surface area contributed by atoms with Crippen LogP contribution in [0.15, 0.2) is 106 Å². The smallest absolute Gasteiger partial charge is 0.870 e. The molecule has 0 radical (unpaired) electrons. The van der Waals surface area contributed by atoms with E-state index in [0.29, 0.717) is 0 Å². The molecular formula is C42H52N4O2Zn2. The van der Waals surface area contributed by atoms with Gasteiger partial charge in [0.15, 0.2) is 0 Å². The van der Waals surface area contributed by atoms with Crippen LogP contribution >= 0.6 is 0 Å². The van der Waals surface area contributed by atoms with Gasteiger partial charge in [0.2, 0.25) is 0 Å². The Morgan fingerprint density at radius 3 is 0.880 bits per heavy atom. The SMILES string of the molecule is CC(/C=C(/C)[N-]c1c(C)cccc1C)=Nc1c(C)cccc1C.CC(/C=C(/C)[N-]c1c(C)cccc1C)=Nc1c(C)cccc1C.[OH-].[OH-].[Zn+2].[Zn+2]. The Balaban J connectivity index is 0. The molecular weight excluding hydrogens is 723 g/mol. The zero-order valence-corrected chi connectivity index (χ0v) is 38.1. The molecule has 0 aliphatic carbocycles. The summed E-state index contributed by atoms with van der Waals surface area (Å²) >= 11 is 0. The minimum atomic E-state index is 0. The molecule has 4 aromatic carbocycles. The van der Waals surface area contributed by atoms with Crippen molar-refractivity contribution in [2.75, 3.05) is 0 Å². The first kappa shape index (κ1) is 48.6. The molecule has 0 atom stereocenters. The summed E-state index contributed by atoms with van der Waals surface area (Å²) in [7, 11) is 0. The van der Waals surface area contributed by atoms with Gasteiger partial charge in [-0.25, -0.2) is 0 Å². The second-order valence-corrected chi connectivity index (χ2v) is 12.3. The van der Waals surface area contributed by atoms with Crippen LogP contribution in [0.5, 0.6) is 0 Å². The van der Waals surface area contributed by atoms with E-state index in [1.807, 2.05) is 39.8 Å². The van der Waals surface area contributed by atoms with Crippen molar-refractivity contribution < 1.29 is 49.9 Å². The standard InChI is InChI=1S/2C21H25N2.2H2O.2Zn/c2*1-14-9-7-10-15(2)20(14)22-18(5)13-19(6)23-21-16(3)11-8-12-17(21)4;;;;/h2*7-13H,1-6H3;2*1H2;;/q2*-1;;;2*+2/p-2/b2*18-13-,23-19?;;;;. The van der Waals surface area contributed by atoms with Crippen molar-refractivity contribution in [2.45, 2.75) is 83.1 Å². The summed E-state index contributed by atoms with van der Waals surface area (Å²) in [5.41, 5.74) is 17.7. The number of benzene rings is 4. The van der Waals surface area contributed by atoms with Crippen molar-refractivity contribution in [1.29, 1.82) is 0 Å². The molecule has 0 saturated carbocycles. The summed E-state index contributed by atoms with van der Waals surface area (Å²) in [6.45, 7) is 24.8. The van der Waals surface area contributed by atoms with Gasteiger partial charge in [0, 0.05) is 11.4 Å². The molecule has 0 spiro atoms. The van der Waals surface area contributed by atoms with Gasteiger partial charge in [-0.05, 0) is 91.5 Å². The fourth-order valence-electron chi connectivity index (χ4n) is 5.37. The maximum atomic E-state index is 4.76. The third-order valence-corrected chi connectivity index (χ3v) is 7.75. The predicted molar refractivity (Wildman–Crippen MR) is 207 cm³/mol. The molecule has 0 amide bonds.